The number of aryl methyl sites for hydroxylation is 2. The largest absolute Gasteiger partial charge is 0.418 e. The lowest BCUT2D eigenvalue weighted by molar-refractivity contribution is -0.137. The molecule has 140 valence electrons. The van der Waals surface area contributed by atoms with Crippen molar-refractivity contribution in [2.24, 2.45) is 0 Å². The maximum atomic E-state index is 13.4. The van der Waals surface area contributed by atoms with Crippen molar-refractivity contribution in [1.82, 2.24) is 9.55 Å². The average Bonchev–Trinajstić information content (AvgIpc) is 2.90. The van der Waals surface area contributed by atoms with E-state index in [0.29, 0.717) is 22.8 Å². The molecule has 0 saturated carbocycles. The standard InChI is InChI=1S/C20H18F3N3O/c1-12-8-9-18(24-11-12)25-19(27)15-10-13(2)26(14(15)3)17-7-5-4-6-16(17)20(21,22)23/h4-11H,1-3H3,(H,24,25,27). The molecule has 7 heteroatoms. The van der Waals surface area contributed by atoms with E-state index in [4.69, 9.17) is 0 Å². The number of benzene rings is 1. The summed E-state index contributed by atoms with van der Waals surface area (Å²) >= 11 is 0. The van der Waals surface area contributed by atoms with Crippen molar-refractivity contribution in [3.05, 3.63) is 76.7 Å². The first kappa shape index (κ1) is 18.7. The van der Waals surface area contributed by atoms with Gasteiger partial charge in [0.1, 0.15) is 5.82 Å². The number of rotatable bonds is 3. The van der Waals surface area contributed by atoms with E-state index in [9.17, 15) is 18.0 Å². The quantitative estimate of drug-likeness (QED) is 0.697. The fourth-order valence-electron chi connectivity index (χ4n) is 3.00. The molecule has 0 aliphatic rings. The SMILES string of the molecule is Cc1ccc(NC(=O)c2cc(C)n(-c3ccccc3C(F)(F)F)c2C)nc1. The molecule has 3 aromatic rings. The fraction of sp³-hybridized carbons (Fsp3) is 0.200. The van der Waals surface area contributed by atoms with Crippen LogP contribution in [0.25, 0.3) is 5.69 Å². The van der Waals surface area contributed by atoms with E-state index in [2.05, 4.69) is 10.3 Å². The molecule has 0 atom stereocenters. The van der Waals surface area contributed by atoms with Crippen molar-refractivity contribution in [3.8, 4) is 5.69 Å². The van der Waals surface area contributed by atoms with Crippen LogP contribution >= 0.6 is 0 Å². The van der Waals surface area contributed by atoms with Gasteiger partial charge >= 0.3 is 6.18 Å². The van der Waals surface area contributed by atoms with Crippen molar-refractivity contribution in [2.75, 3.05) is 5.32 Å². The van der Waals surface area contributed by atoms with Crippen LogP contribution in [-0.4, -0.2) is 15.5 Å². The lowest BCUT2D eigenvalue weighted by Gasteiger charge is -2.16. The fourth-order valence-corrected chi connectivity index (χ4v) is 3.00. The Balaban J connectivity index is 2.01. The summed E-state index contributed by atoms with van der Waals surface area (Å²) in [5.74, 6) is -0.0405. The Kier molecular flexibility index (Phi) is 4.78. The molecule has 2 heterocycles. The van der Waals surface area contributed by atoms with Gasteiger partial charge in [-0.2, -0.15) is 13.2 Å². The second-order valence-electron chi connectivity index (χ2n) is 6.31. The number of halogens is 3. The van der Waals surface area contributed by atoms with Gasteiger partial charge in [-0.3, -0.25) is 4.79 Å². The first-order valence-corrected chi connectivity index (χ1v) is 8.28. The van der Waals surface area contributed by atoms with E-state index in [1.807, 2.05) is 13.0 Å². The second kappa shape index (κ2) is 6.90. The van der Waals surface area contributed by atoms with Crippen LogP contribution in [0.1, 0.15) is 32.9 Å². The lowest BCUT2D eigenvalue weighted by atomic mass is 10.1. The number of carbonyl (C=O) groups excluding carboxylic acids is 1. The molecule has 0 aliphatic carbocycles. The molecule has 4 nitrogen and oxygen atoms in total. The first-order valence-electron chi connectivity index (χ1n) is 8.28. The van der Waals surface area contributed by atoms with Gasteiger partial charge in [0.25, 0.3) is 5.91 Å². The minimum absolute atomic E-state index is 0.00693. The molecule has 0 unspecified atom stereocenters. The predicted molar refractivity (Wildman–Crippen MR) is 97.2 cm³/mol. The third kappa shape index (κ3) is 3.72. The molecular formula is C20H18F3N3O. The number of hydrogen-bond acceptors (Lipinski definition) is 2. The van der Waals surface area contributed by atoms with E-state index in [1.165, 1.54) is 16.7 Å². The number of anilines is 1. The summed E-state index contributed by atoms with van der Waals surface area (Å²) in [6.07, 6.45) is -2.87. The molecule has 0 aliphatic heterocycles. The molecule has 1 N–H and O–H groups in total. The van der Waals surface area contributed by atoms with Crippen LogP contribution in [-0.2, 0) is 6.18 Å². The van der Waals surface area contributed by atoms with Gasteiger partial charge in [-0.05, 0) is 50.6 Å². The van der Waals surface area contributed by atoms with Crippen molar-refractivity contribution in [3.63, 3.8) is 0 Å². The third-order valence-corrected chi connectivity index (χ3v) is 4.28. The zero-order valence-corrected chi connectivity index (χ0v) is 15.1. The Morgan fingerprint density at radius 3 is 2.41 bits per heavy atom. The monoisotopic (exact) mass is 373 g/mol. The maximum absolute atomic E-state index is 13.4. The van der Waals surface area contributed by atoms with Crippen LogP contribution in [0.3, 0.4) is 0 Å². The van der Waals surface area contributed by atoms with Crippen molar-refractivity contribution < 1.29 is 18.0 Å². The summed E-state index contributed by atoms with van der Waals surface area (Å²) in [7, 11) is 0. The molecular weight excluding hydrogens is 355 g/mol. The van der Waals surface area contributed by atoms with Crippen molar-refractivity contribution in [2.45, 2.75) is 26.9 Å². The molecule has 0 bridgehead atoms. The maximum Gasteiger partial charge on any atom is 0.418 e. The van der Waals surface area contributed by atoms with E-state index < -0.39 is 17.6 Å². The lowest BCUT2D eigenvalue weighted by Crippen LogP contribution is -2.15. The van der Waals surface area contributed by atoms with Gasteiger partial charge in [0, 0.05) is 17.6 Å². The summed E-state index contributed by atoms with van der Waals surface area (Å²) in [5.41, 5.74) is 1.45. The Morgan fingerprint density at radius 2 is 1.78 bits per heavy atom. The topological polar surface area (TPSA) is 46.9 Å². The van der Waals surface area contributed by atoms with Crippen LogP contribution in [0.4, 0.5) is 19.0 Å². The van der Waals surface area contributed by atoms with E-state index in [0.717, 1.165) is 11.6 Å². The molecule has 0 radical (unpaired) electrons. The number of nitrogens with zero attached hydrogens (tertiary/aromatic N) is 2. The molecule has 2 aromatic heterocycles. The van der Waals surface area contributed by atoms with Crippen LogP contribution in [0, 0.1) is 20.8 Å². The number of alkyl halides is 3. The molecule has 27 heavy (non-hydrogen) atoms. The number of amides is 1. The smallest absolute Gasteiger partial charge is 0.317 e. The number of pyridine rings is 1. The van der Waals surface area contributed by atoms with E-state index in [-0.39, 0.29) is 5.69 Å². The molecule has 1 amide bonds. The predicted octanol–water partition coefficient (Wildman–Crippen LogP) is 5.07. The van der Waals surface area contributed by atoms with Gasteiger partial charge in [-0.1, -0.05) is 18.2 Å². The highest BCUT2D eigenvalue weighted by Crippen LogP contribution is 2.35. The number of nitrogens with one attached hydrogen (secondary N) is 1. The van der Waals surface area contributed by atoms with Gasteiger partial charge in [0.2, 0.25) is 0 Å². The Morgan fingerprint density at radius 1 is 1.07 bits per heavy atom. The van der Waals surface area contributed by atoms with Gasteiger partial charge in [0.15, 0.2) is 0 Å². The summed E-state index contributed by atoms with van der Waals surface area (Å²) in [4.78, 5) is 16.7. The summed E-state index contributed by atoms with van der Waals surface area (Å²) in [5, 5.41) is 2.68. The van der Waals surface area contributed by atoms with E-state index >= 15 is 0 Å². The van der Waals surface area contributed by atoms with E-state index in [1.54, 1.807) is 38.2 Å². The molecule has 1 aromatic carbocycles. The van der Waals surface area contributed by atoms with Gasteiger partial charge in [0.05, 0.1) is 16.8 Å². The molecule has 0 saturated heterocycles. The minimum atomic E-state index is -4.49. The zero-order chi connectivity index (χ0) is 19.8. The highest BCUT2D eigenvalue weighted by atomic mass is 19.4. The average molecular weight is 373 g/mol. The van der Waals surface area contributed by atoms with Crippen molar-refractivity contribution >= 4 is 11.7 Å². The van der Waals surface area contributed by atoms with Crippen LogP contribution in [0.5, 0.6) is 0 Å². The van der Waals surface area contributed by atoms with Crippen LogP contribution < -0.4 is 5.32 Å². The zero-order valence-electron chi connectivity index (χ0n) is 15.1. The minimum Gasteiger partial charge on any atom is -0.317 e. The summed E-state index contributed by atoms with van der Waals surface area (Å²) in [6, 6.07) is 10.4. The summed E-state index contributed by atoms with van der Waals surface area (Å²) < 4.78 is 41.6. The highest BCUT2D eigenvalue weighted by Gasteiger charge is 2.34. The van der Waals surface area contributed by atoms with Crippen LogP contribution in [0.2, 0.25) is 0 Å². The van der Waals surface area contributed by atoms with Crippen molar-refractivity contribution in [1.29, 1.82) is 0 Å². The second-order valence-corrected chi connectivity index (χ2v) is 6.31. The summed E-state index contributed by atoms with van der Waals surface area (Å²) in [6.45, 7) is 5.17. The van der Waals surface area contributed by atoms with Gasteiger partial charge in [-0.25, -0.2) is 4.98 Å². The molecule has 3 rings (SSSR count). The third-order valence-electron chi connectivity index (χ3n) is 4.28. The Bertz CT molecular complexity index is 989. The van der Waals surface area contributed by atoms with Crippen LogP contribution in [0.15, 0.2) is 48.7 Å². The Labute approximate surface area is 154 Å². The number of aromatic nitrogens is 2. The number of carbonyl (C=O) groups is 1. The highest BCUT2D eigenvalue weighted by molar-refractivity contribution is 6.05. The normalized spacial score (nSPS) is 11.5. The number of para-hydroxylation sites is 1. The Hall–Kier alpha value is -3.09. The van der Waals surface area contributed by atoms with Gasteiger partial charge < -0.3 is 9.88 Å². The number of hydrogen-bond donors (Lipinski definition) is 1. The molecule has 0 spiro atoms. The molecule has 0 fully saturated rings. The first-order chi connectivity index (χ1) is 12.7. The van der Waals surface area contributed by atoms with Gasteiger partial charge in [-0.15, -0.1) is 0 Å².